The fraction of sp³-hybridized carbons (Fsp3) is 1.00. The first-order valence-corrected chi connectivity index (χ1v) is 1.88. The Labute approximate surface area is 41.3 Å². The molecule has 40 valence electrons. The van der Waals surface area contributed by atoms with Crippen LogP contribution >= 0.6 is 0 Å². The number of hydrogen-bond acceptors (Lipinski definition) is 2. The summed E-state index contributed by atoms with van der Waals surface area (Å²) in [6, 6.07) is 0. The topological polar surface area (TPSA) is 75.5 Å². The van der Waals surface area contributed by atoms with E-state index in [-0.39, 0.29) is 0 Å². The molecule has 0 aliphatic carbocycles. The van der Waals surface area contributed by atoms with E-state index in [4.69, 9.17) is 0 Å². The number of nitrogens with two attached hydrogens (primary N) is 1. The average molecular weight is 101 g/mol. The van der Waals surface area contributed by atoms with Gasteiger partial charge in [0.25, 0.3) is 0 Å². The Balaban J connectivity index is 3.09. The van der Waals surface area contributed by atoms with E-state index in [1.165, 1.54) is 0 Å². The van der Waals surface area contributed by atoms with Crippen LogP contribution in [0.25, 0.3) is 0 Å². The van der Waals surface area contributed by atoms with E-state index in [0.717, 1.165) is 0 Å². The maximum Gasteiger partial charge on any atom is 0.0593 e. The van der Waals surface area contributed by atoms with Crippen LogP contribution in [0.5, 0.6) is 0 Å². The summed E-state index contributed by atoms with van der Waals surface area (Å²) in [5.74, 6) is 4.57. The van der Waals surface area contributed by atoms with E-state index < -0.39 is 0 Å². The van der Waals surface area contributed by atoms with E-state index >= 15 is 0 Å². The molecule has 0 heterocycles. The van der Waals surface area contributed by atoms with Gasteiger partial charge in [-0.3, -0.25) is 0 Å². The molecule has 0 aliphatic rings. The molecule has 2 N–H and O–H groups in total. The minimum atomic E-state index is 0.610. The van der Waals surface area contributed by atoms with Gasteiger partial charge in [0, 0.05) is 0 Å². The van der Waals surface area contributed by atoms with Crippen LogP contribution in [0.3, 0.4) is 0 Å². The third-order valence-corrected chi connectivity index (χ3v) is 0.296. The molecule has 0 saturated heterocycles. The van der Waals surface area contributed by atoms with Crippen LogP contribution in [0, 0.1) is 0 Å². The summed E-state index contributed by atoms with van der Waals surface area (Å²) in [6.45, 7) is 2.45. The zero-order valence-electron chi connectivity index (χ0n) is 4.07. The Bertz CT molecular complexity index is 74.1. The highest BCUT2D eigenvalue weighted by atomic mass is 15.5. The van der Waals surface area contributed by atoms with Crippen molar-refractivity contribution >= 4 is 0 Å². The maximum absolute atomic E-state index is 4.57. The second kappa shape index (κ2) is 5.00. The molecule has 0 bridgehead atoms. The van der Waals surface area contributed by atoms with Crippen LogP contribution < -0.4 is 5.84 Å². The molecule has 7 heavy (non-hydrogen) atoms. The van der Waals surface area contributed by atoms with Crippen LogP contribution in [-0.4, -0.2) is 6.54 Å². The minimum absolute atomic E-state index is 0.610. The van der Waals surface area contributed by atoms with Crippen molar-refractivity contribution in [3.8, 4) is 0 Å². The Kier molecular flexibility index (Phi) is 4.29. The molecule has 0 atom stereocenters. The van der Waals surface area contributed by atoms with Crippen molar-refractivity contribution in [1.29, 1.82) is 0 Å². The maximum atomic E-state index is 4.57. The Hall–Kier alpha value is -1.00. The summed E-state index contributed by atoms with van der Waals surface area (Å²) in [6.07, 6.45) is 0. The van der Waals surface area contributed by atoms with Gasteiger partial charge >= 0.3 is 0 Å². The van der Waals surface area contributed by atoms with E-state index in [1.807, 2.05) is 6.92 Å². The molecule has 0 aromatic rings. The van der Waals surface area contributed by atoms with Crippen molar-refractivity contribution in [2.24, 2.45) is 26.6 Å². The van der Waals surface area contributed by atoms with Crippen molar-refractivity contribution in [3.63, 3.8) is 0 Å². The van der Waals surface area contributed by atoms with Gasteiger partial charge in [-0.25, -0.2) is 0 Å². The molecule has 0 saturated carbocycles. The second-order valence-electron chi connectivity index (χ2n) is 0.752. The summed E-state index contributed by atoms with van der Waals surface area (Å²) in [5, 5.41) is 12.5. The van der Waals surface area contributed by atoms with Crippen LogP contribution in [0.4, 0.5) is 0 Å². The van der Waals surface area contributed by atoms with Gasteiger partial charge in [-0.1, -0.05) is 5.22 Å². The molecule has 5 heteroatoms. The first kappa shape index (κ1) is 6.00. The van der Waals surface area contributed by atoms with Gasteiger partial charge in [-0.05, 0) is 17.4 Å². The lowest BCUT2D eigenvalue weighted by Crippen LogP contribution is -1.71. The van der Waals surface area contributed by atoms with E-state index in [2.05, 4.69) is 26.6 Å². The van der Waals surface area contributed by atoms with Gasteiger partial charge in [0.05, 0.1) is 6.54 Å². The average Bonchev–Trinajstić information content (AvgIpc) is 1.69. The number of rotatable bonds is 2. The first-order valence-electron chi connectivity index (χ1n) is 1.88. The molecule has 0 aromatic carbocycles. The zero-order valence-corrected chi connectivity index (χ0v) is 4.07. The van der Waals surface area contributed by atoms with Crippen molar-refractivity contribution in [3.05, 3.63) is 0 Å². The van der Waals surface area contributed by atoms with Gasteiger partial charge in [0.2, 0.25) is 0 Å². The molecule has 0 rings (SSSR count). The largest absolute Gasteiger partial charge is 0.303 e. The fourth-order valence-corrected chi connectivity index (χ4v) is 0.115. The monoisotopic (exact) mass is 101 g/mol. The number of nitrogens with zero attached hydrogens (tertiary/aromatic N) is 4. The fourth-order valence-electron chi connectivity index (χ4n) is 0.115. The highest BCUT2D eigenvalue weighted by Crippen LogP contribution is 1.73. The smallest absolute Gasteiger partial charge is 0.0593 e. The molecule has 0 aliphatic heterocycles. The zero-order chi connectivity index (χ0) is 5.54. The van der Waals surface area contributed by atoms with Crippen molar-refractivity contribution in [2.75, 3.05) is 6.54 Å². The van der Waals surface area contributed by atoms with Gasteiger partial charge in [0.1, 0.15) is 0 Å². The molecular weight excluding hydrogens is 94.1 g/mol. The summed E-state index contributed by atoms with van der Waals surface area (Å²) >= 11 is 0. The van der Waals surface area contributed by atoms with Gasteiger partial charge < -0.3 is 5.84 Å². The van der Waals surface area contributed by atoms with Crippen LogP contribution in [0.1, 0.15) is 6.92 Å². The van der Waals surface area contributed by atoms with E-state index in [1.54, 1.807) is 0 Å². The van der Waals surface area contributed by atoms with Gasteiger partial charge in [-0.2, -0.15) is 5.11 Å². The lowest BCUT2D eigenvalue weighted by atomic mass is 10.8. The molecule has 0 fully saturated rings. The van der Waals surface area contributed by atoms with Crippen molar-refractivity contribution in [2.45, 2.75) is 6.92 Å². The number of hydrogen-bond donors (Lipinski definition) is 1. The van der Waals surface area contributed by atoms with Crippen LogP contribution in [0.15, 0.2) is 20.8 Å². The molecule has 0 amide bonds. The SMILES string of the molecule is CCN=NN=NN. The summed E-state index contributed by atoms with van der Waals surface area (Å²) in [4.78, 5) is 0. The molecule has 5 nitrogen and oxygen atoms in total. The minimum Gasteiger partial charge on any atom is -0.303 e. The molecule has 0 unspecified atom stereocenters. The lowest BCUT2D eigenvalue weighted by Gasteiger charge is -1.69. The summed E-state index contributed by atoms with van der Waals surface area (Å²) < 4.78 is 0. The molecule has 0 aromatic heterocycles. The molecular formula is C2H7N5. The quantitative estimate of drug-likeness (QED) is 0.310. The highest BCUT2D eigenvalue weighted by molar-refractivity contribution is 4.17. The lowest BCUT2D eigenvalue weighted by molar-refractivity contribution is 0.842. The van der Waals surface area contributed by atoms with E-state index in [0.29, 0.717) is 6.54 Å². The van der Waals surface area contributed by atoms with Crippen molar-refractivity contribution < 1.29 is 0 Å². The predicted octanol–water partition coefficient (Wildman–Crippen LogP) is 0.699. The normalized spacial score (nSPS) is 11.6. The first-order chi connectivity index (χ1) is 3.41. The van der Waals surface area contributed by atoms with Gasteiger partial charge in [0.15, 0.2) is 0 Å². The molecule has 0 radical (unpaired) electrons. The molecule has 0 spiro atoms. The van der Waals surface area contributed by atoms with Gasteiger partial charge in [-0.15, -0.1) is 0 Å². The van der Waals surface area contributed by atoms with E-state index in [9.17, 15) is 0 Å². The van der Waals surface area contributed by atoms with Crippen LogP contribution in [0.2, 0.25) is 0 Å². The van der Waals surface area contributed by atoms with Crippen molar-refractivity contribution in [1.82, 2.24) is 0 Å². The van der Waals surface area contributed by atoms with Crippen LogP contribution in [-0.2, 0) is 0 Å². The Morgan fingerprint density at radius 1 is 1.43 bits per heavy atom. The summed E-state index contributed by atoms with van der Waals surface area (Å²) in [7, 11) is 0. The standard InChI is InChI=1S/C2H7N5/c1-2-4-6-7-5-3/h2H2,1H3,(H2,3,4,7). The third-order valence-electron chi connectivity index (χ3n) is 0.296. The predicted molar refractivity (Wildman–Crippen MR) is 24.4 cm³/mol. The Morgan fingerprint density at radius 3 is 2.57 bits per heavy atom. The Morgan fingerprint density at radius 2 is 2.14 bits per heavy atom. The summed E-state index contributed by atoms with van der Waals surface area (Å²) in [5.41, 5.74) is 0. The highest BCUT2D eigenvalue weighted by Gasteiger charge is 1.59. The third kappa shape index (κ3) is 5.00. The second-order valence-corrected chi connectivity index (χ2v) is 0.752.